The lowest BCUT2D eigenvalue weighted by Gasteiger charge is -2.29. The first-order valence-corrected chi connectivity index (χ1v) is 14.1. The van der Waals surface area contributed by atoms with Crippen LogP contribution in [0.5, 0.6) is 0 Å². The van der Waals surface area contributed by atoms with E-state index in [2.05, 4.69) is 22.0 Å². The molecule has 1 atom stereocenters. The van der Waals surface area contributed by atoms with Crippen LogP contribution in [0.2, 0.25) is 5.02 Å². The number of aromatic nitrogens is 6. The average molecular weight is 539 g/mol. The van der Waals surface area contributed by atoms with E-state index in [1.807, 2.05) is 22.8 Å². The van der Waals surface area contributed by atoms with Gasteiger partial charge in [0, 0.05) is 17.1 Å². The van der Waals surface area contributed by atoms with Gasteiger partial charge in [-0.25, -0.2) is 24.1 Å². The molecule has 0 amide bonds. The van der Waals surface area contributed by atoms with Crippen molar-refractivity contribution in [1.82, 2.24) is 29.7 Å². The number of nitrogens with one attached hydrogen (secondary N) is 1. The zero-order valence-electron chi connectivity index (χ0n) is 21.5. The summed E-state index contributed by atoms with van der Waals surface area (Å²) < 4.78 is 23.1. The van der Waals surface area contributed by atoms with E-state index in [1.165, 1.54) is 12.8 Å². The van der Waals surface area contributed by atoms with Crippen molar-refractivity contribution in [2.45, 2.75) is 77.4 Å². The van der Waals surface area contributed by atoms with Gasteiger partial charge < -0.3 is 4.57 Å². The summed E-state index contributed by atoms with van der Waals surface area (Å²) in [7, 11) is 0. The van der Waals surface area contributed by atoms with Gasteiger partial charge in [0.05, 0.1) is 0 Å². The van der Waals surface area contributed by atoms with E-state index in [-0.39, 0.29) is 17.6 Å². The summed E-state index contributed by atoms with van der Waals surface area (Å²) in [5, 5.41) is 4.34. The Kier molecular flexibility index (Phi) is 7.03. The van der Waals surface area contributed by atoms with E-state index >= 15 is 4.39 Å². The molecule has 200 valence electrons. The van der Waals surface area contributed by atoms with Gasteiger partial charge in [0.2, 0.25) is 11.6 Å². The second-order valence-corrected chi connectivity index (χ2v) is 11.5. The topological polar surface area (TPSA) is 102 Å². The lowest BCUT2D eigenvalue weighted by atomic mass is 9.82. The van der Waals surface area contributed by atoms with Crippen molar-refractivity contribution in [2.24, 2.45) is 17.8 Å². The van der Waals surface area contributed by atoms with Crippen molar-refractivity contribution < 1.29 is 8.91 Å². The van der Waals surface area contributed by atoms with Gasteiger partial charge in [0.1, 0.15) is 17.0 Å². The largest absolute Gasteiger partial charge is 0.439 e. The van der Waals surface area contributed by atoms with Crippen LogP contribution >= 0.6 is 11.6 Å². The minimum absolute atomic E-state index is 0.0559. The first-order chi connectivity index (χ1) is 18.5. The van der Waals surface area contributed by atoms with Gasteiger partial charge in [0.15, 0.2) is 11.8 Å². The Morgan fingerprint density at radius 2 is 1.89 bits per heavy atom. The molecule has 0 bridgehead atoms. The molecule has 2 saturated carbocycles. The molecule has 6 rings (SSSR count). The van der Waals surface area contributed by atoms with Crippen molar-refractivity contribution in [3.05, 3.63) is 45.7 Å². The zero-order valence-corrected chi connectivity index (χ0v) is 22.3. The highest BCUT2D eigenvalue weighted by molar-refractivity contribution is 6.30. The van der Waals surface area contributed by atoms with Gasteiger partial charge in [-0.3, -0.25) is 9.51 Å². The summed E-state index contributed by atoms with van der Waals surface area (Å²) in [4.78, 5) is 28.5. The number of nitrogens with zero attached hydrogens (tertiary/aromatic N) is 5. The second kappa shape index (κ2) is 10.6. The van der Waals surface area contributed by atoms with Gasteiger partial charge in [-0.2, -0.15) is 0 Å². The number of alkyl halides is 1. The molecule has 3 heterocycles. The Bertz CT molecular complexity index is 1480. The van der Waals surface area contributed by atoms with Crippen LogP contribution in [0.15, 0.2) is 33.6 Å². The fourth-order valence-electron chi connectivity index (χ4n) is 6.12. The smallest absolute Gasteiger partial charge is 0.322 e. The summed E-state index contributed by atoms with van der Waals surface area (Å²) in [6.45, 7) is 2.97. The molecule has 10 heteroatoms. The molecular weight excluding hydrogens is 507 g/mol. The molecule has 2 aliphatic rings. The van der Waals surface area contributed by atoms with Crippen molar-refractivity contribution in [2.75, 3.05) is 0 Å². The van der Waals surface area contributed by atoms with E-state index < -0.39 is 11.9 Å². The second-order valence-electron chi connectivity index (χ2n) is 11.0. The van der Waals surface area contributed by atoms with Crippen LogP contribution in [0.25, 0.3) is 34.1 Å². The average Bonchev–Trinajstić information content (AvgIpc) is 3.53. The highest BCUT2D eigenvalue weighted by Gasteiger charge is 2.32. The Morgan fingerprint density at radius 1 is 1.11 bits per heavy atom. The molecule has 38 heavy (non-hydrogen) atoms. The third-order valence-corrected chi connectivity index (χ3v) is 8.50. The Morgan fingerprint density at radius 3 is 2.61 bits per heavy atom. The summed E-state index contributed by atoms with van der Waals surface area (Å²) in [6, 6.07) is 7.39. The van der Waals surface area contributed by atoms with Gasteiger partial charge in [0.25, 0.3) is 0 Å². The Labute approximate surface area is 225 Å². The van der Waals surface area contributed by atoms with Crippen LogP contribution in [0.4, 0.5) is 4.39 Å². The maximum Gasteiger partial charge on any atom is 0.439 e. The Hall–Kier alpha value is -3.07. The molecule has 2 fully saturated rings. The summed E-state index contributed by atoms with van der Waals surface area (Å²) in [6.07, 6.45) is 8.35. The van der Waals surface area contributed by atoms with Crippen LogP contribution in [0.3, 0.4) is 0 Å². The number of hydrogen-bond donors (Lipinski definition) is 1. The van der Waals surface area contributed by atoms with Crippen LogP contribution in [-0.2, 0) is 6.54 Å². The fraction of sp³-hybridized carbons (Fsp3) is 0.536. The minimum Gasteiger partial charge on any atom is -0.322 e. The third-order valence-electron chi connectivity index (χ3n) is 8.27. The normalized spacial score (nSPS) is 21.7. The summed E-state index contributed by atoms with van der Waals surface area (Å²) in [5.74, 6) is 1.08. The molecule has 1 aromatic carbocycles. The number of rotatable bonds is 6. The van der Waals surface area contributed by atoms with E-state index in [4.69, 9.17) is 26.1 Å². The van der Waals surface area contributed by atoms with Gasteiger partial charge in [-0.1, -0.05) is 67.9 Å². The van der Waals surface area contributed by atoms with Gasteiger partial charge in [-0.05, 0) is 55.6 Å². The molecule has 4 aromatic rings. The first kappa shape index (κ1) is 25.2. The first-order valence-electron chi connectivity index (χ1n) is 13.7. The van der Waals surface area contributed by atoms with E-state index in [1.54, 1.807) is 6.07 Å². The molecule has 3 aromatic heterocycles. The molecule has 0 aliphatic heterocycles. The lowest BCUT2D eigenvalue weighted by Crippen LogP contribution is -2.22. The minimum atomic E-state index is -1.19. The maximum atomic E-state index is 16.3. The number of hydrogen-bond acceptors (Lipinski definition) is 6. The number of imidazole rings is 1. The van der Waals surface area contributed by atoms with Crippen LogP contribution in [0, 0.1) is 17.8 Å². The number of halogens is 2. The summed E-state index contributed by atoms with van der Waals surface area (Å²) >= 11 is 6.37. The van der Waals surface area contributed by atoms with E-state index in [9.17, 15) is 4.79 Å². The molecule has 0 saturated heterocycles. The van der Waals surface area contributed by atoms with Gasteiger partial charge in [-0.15, -0.1) is 0 Å². The molecular formula is C28H32ClFN6O2. The SMILES string of the molecule is C[C@H]1CC[C@H](Cn2c(C(F)C3CCCCC3)nc3nc(-c4noc(=O)[nH]4)nc(-c4cccc(Cl)c4)c32)CC1. The van der Waals surface area contributed by atoms with Crippen molar-refractivity contribution >= 4 is 22.8 Å². The maximum absolute atomic E-state index is 16.3. The molecule has 1 N–H and O–H groups in total. The number of fused-ring (bicyclic) bond motifs is 1. The van der Waals surface area contributed by atoms with Crippen molar-refractivity contribution in [3.8, 4) is 22.9 Å². The van der Waals surface area contributed by atoms with Crippen molar-refractivity contribution in [3.63, 3.8) is 0 Å². The molecule has 2 aliphatic carbocycles. The van der Waals surface area contributed by atoms with Gasteiger partial charge >= 0.3 is 5.76 Å². The fourth-order valence-corrected chi connectivity index (χ4v) is 6.32. The standard InChI is InChI=1S/C28H32ClFN6O2/c1-16-10-12-17(13-11-16)15-36-23-22(19-8-5-9-20(29)14-19)31-25(26-34-28(37)38-35-26)32-24(23)33-27(36)21(30)18-6-3-2-4-7-18/h5,8-9,14,16-18,21H,2-4,6-7,10-13,15H2,1H3,(H,34,35,37)/t16-,17-,21?. The van der Waals surface area contributed by atoms with E-state index in [0.29, 0.717) is 40.2 Å². The predicted molar refractivity (Wildman–Crippen MR) is 143 cm³/mol. The summed E-state index contributed by atoms with van der Waals surface area (Å²) in [5.41, 5.74) is 2.41. The monoisotopic (exact) mass is 538 g/mol. The lowest BCUT2D eigenvalue weighted by molar-refractivity contribution is 0.166. The third kappa shape index (κ3) is 5.00. The number of aromatic amines is 1. The highest BCUT2D eigenvalue weighted by atomic mass is 35.5. The number of H-pyrrole nitrogens is 1. The van der Waals surface area contributed by atoms with Crippen molar-refractivity contribution in [1.29, 1.82) is 0 Å². The molecule has 8 nitrogen and oxygen atoms in total. The molecule has 1 unspecified atom stereocenters. The predicted octanol–water partition coefficient (Wildman–Crippen LogP) is 6.91. The number of benzene rings is 1. The molecule has 0 radical (unpaired) electrons. The molecule has 0 spiro atoms. The highest BCUT2D eigenvalue weighted by Crippen LogP contribution is 2.40. The Balaban J connectivity index is 1.55. The quantitative estimate of drug-likeness (QED) is 0.286. The van der Waals surface area contributed by atoms with Crippen LogP contribution in [-0.4, -0.2) is 29.7 Å². The van der Waals surface area contributed by atoms with E-state index in [0.717, 1.165) is 56.4 Å². The van der Waals surface area contributed by atoms with Crippen LogP contribution < -0.4 is 5.76 Å². The zero-order chi connectivity index (χ0) is 26.2. The van der Waals surface area contributed by atoms with Crippen LogP contribution in [0.1, 0.15) is 76.7 Å².